The maximum Gasteiger partial charge on any atom is 0.260 e. The minimum Gasteiger partial charge on any atom is -0.387 e. The van der Waals surface area contributed by atoms with Gasteiger partial charge in [-0.1, -0.05) is 31.1 Å². The van der Waals surface area contributed by atoms with E-state index in [1.165, 1.54) is 0 Å². The molecule has 1 fully saturated rings. The van der Waals surface area contributed by atoms with Crippen LogP contribution < -0.4 is 5.32 Å². The van der Waals surface area contributed by atoms with Crippen molar-refractivity contribution < 1.29 is 4.52 Å². The van der Waals surface area contributed by atoms with Crippen molar-refractivity contribution in [1.29, 1.82) is 0 Å². The van der Waals surface area contributed by atoms with Crippen LogP contribution in [0.2, 0.25) is 0 Å². The number of aromatic nitrogens is 2. The van der Waals surface area contributed by atoms with Crippen molar-refractivity contribution in [3.05, 3.63) is 30.1 Å². The first kappa shape index (κ1) is 14.8. The molecule has 3 unspecified atom stereocenters. The highest BCUT2D eigenvalue weighted by Gasteiger charge is 2.30. The lowest BCUT2D eigenvalue weighted by Crippen LogP contribution is -2.22. The lowest BCUT2D eigenvalue weighted by atomic mass is 10.2. The van der Waals surface area contributed by atoms with E-state index in [-0.39, 0.29) is 0 Å². The minimum atomic E-state index is 0.320. The Morgan fingerprint density at radius 2 is 2.05 bits per heavy atom. The number of anilines is 1. The highest BCUT2D eigenvalue weighted by Crippen LogP contribution is 2.43. The summed E-state index contributed by atoms with van der Waals surface area (Å²) in [6.07, 6.45) is 0. The van der Waals surface area contributed by atoms with Crippen LogP contribution >= 0.6 is 23.5 Å². The van der Waals surface area contributed by atoms with Crippen molar-refractivity contribution >= 4 is 29.2 Å². The van der Waals surface area contributed by atoms with Crippen molar-refractivity contribution in [3.8, 4) is 11.5 Å². The van der Waals surface area contributed by atoms with Crippen LogP contribution in [0, 0.1) is 0 Å². The Morgan fingerprint density at radius 1 is 1.24 bits per heavy atom. The smallest absolute Gasteiger partial charge is 0.260 e. The van der Waals surface area contributed by atoms with E-state index < -0.39 is 0 Å². The standard InChI is InChI=1S/C15H19N3OS2/c1-9-10(2)21-13(8-20-9)14-17-15(19-18-14)11-6-4-5-7-12(11)16-3/h4-7,9-10,13,16H,8H2,1-3H3. The second-order valence-corrected chi connectivity index (χ2v) is 8.12. The molecule has 1 aromatic carbocycles. The topological polar surface area (TPSA) is 51.0 Å². The number of benzene rings is 1. The van der Waals surface area contributed by atoms with Gasteiger partial charge in [0.2, 0.25) is 0 Å². The molecule has 0 aliphatic carbocycles. The lowest BCUT2D eigenvalue weighted by molar-refractivity contribution is 0.423. The molecule has 3 atom stereocenters. The number of thioether (sulfide) groups is 2. The SMILES string of the molecule is CNc1ccccc1-c1nc(C2CSC(C)C(C)S2)no1. The number of para-hydroxylation sites is 1. The Hall–Kier alpha value is -1.14. The average molecular weight is 321 g/mol. The van der Waals surface area contributed by atoms with Gasteiger partial charge in [0.25, 0.3) is 5.89 Å². The number of hydrogen-bond acceptors (Lipinski definition) is 6. The van der Waals surface area contributed by atoms with Gasteiger partial charge in [0.1, 0.15) is 0 Å². The maximum absolute atomic E-state index is 5.48. The van der Waals surface area contributed by atoms with Gasteiger partial charge in [-0.25, -0.2) is 0 Å². The molecular formula is C15H19N3OS2. The zero-order chi connectivity index (χ0) is 14.8. The van der Waals surface area contributed by atoms with Gasteiger partial charge in [-0.05, 0) is 12.1 Å². The van der Waals surface area contributed by atoms with Gasteiger partial charge < -0.3 is 9.84 Å². The van der Waals surface area contributed by atoms with E-state index in [4.69, 9.17) is 4.52 Å². The van der Waals surface area contributed by atoms with Crippen molar-refractivity contribution in [3.63, 3.8) is 0 Å². The predicted molar refractivity (Wildman–Crippen MR) is 91.0 cm³/mol. The summed E-state index contributed by atoms with van der Waals surface area (Å²) < 4.78 is 5.48. The Morgan fingerprint density at radius 3 is 2.81 bits per heavy atom. The minimum absolute atomic E-state index is 0.320. The van der Waals surface area contributed by atoms with Crippen molar-refractivity contribution in [1.82, 2.24) is 10.1 Å². The molecule has 3 rings (SSSR count). The Kier molecular flexibility index (Phi) is 4.45. The summed E-state index contributed by atoms with van der Waals surface area (Å²) in [5.41, 5.74) is 1.95. The molecule has 1 aromatic heterocycles. The number of nitrogens with one attached hydrogen (secondary N) is 1. The second kappa shape index (κ2) is 6.32. The average Bonchev–Trinajstić information content (AvgIpc) is 2.99. The molecule has 6 heteroatoms. The van der Waals surface area contributed by atoms with Gasteiger partial charge in [0, 0.05) is 29.0 Å². The summed E-state index contributed by atoms with van der Waals surface area (Å²) in [5, 5.41) is 8.98. The van der Waals surface area contributed by atoms with Gasteiger partial charge in [-0.3, -0.25) is 0 Å². The van der Waals surface area contributed by atoms with E-state index in [1.54, 1.807) is 0 Å². The fourth-order valence-electron chi connectivity index (χ4n) is 2.28. The van der Waals surface area contributed by atoms with Crippen LogP contribution in [0.25, 0.3) is 11.5 Å². The molecule has 1 saturated heterocycles. The third-order valence-electron chi connectivity index (χ3n) is 3.71. The second-order valence-electron chi connectivity index (χ2n) is 5.12. The summed E-state index contributed by atoms with van der Waals surface area (Å²) in [6, 6.07) is 7.98. The molecule has 1 aliphatic heterocycles. The van der Waals surface area contributed by atoms with Gasteiger partial charge in [0.15, 0.2) is 5.82 Å². The fourth-order valence-corrected chi connectivity index (χ4v) is 5.12. The van der Waals surface area contributed by atoms with Crippen LogP contribution in [-0.2, 0) is 0 Å². The molecule has 112 valence electrons. The number of rotatable bonds is 3. The molecule has 2 aromatic rings. The van der Waals surface area contributed by atoms with Crippen LogP contribution in [0.5, 0.6) is 0 Å². The molecule has 0 radical (unpaired) electrons. The summed E-state index contributed by atoms with van der Waals surface area (Å²) >= 11 is 3.93. The van der Waals surface area contributed by atoms with E-state index in [0.29, 0.717) is 21.6 Å². The van der Waals surface area contributed by atoms with Crippen LogP contribution in [0.4, 0.5) is 5.69 Å². The monoisotopic (exact) mass is 321 g/mol. The first-order valence-electron chi connectivity index (χ1n) is 7.07. The molecule has 0 amide bonds. The van der Waals surface area contributed by atoms with Gasteiger partial charge in [0.05, 0.1) is 10.8 Å². The van der Waals surface area contributed by atoms with E-state index in [0.717, 1.165) is 22.8 Å². The van der Waals surface area contributed by atoms with Crippen LogP contribution in [0.15, 0.2) is 28.8 Å². The van der Waals surface area contributed by atoms with E-state index >= 15 is 0 Å². The number of hydrogen-bond donors (Lipinski definition) is 1. The van der Waals surface area contributed by atoms with Gasteiger partial charge in [-0.2, -0.15) is 16.7 Å². The van der Waals surface area contributed by atoms with E-state index in [1.807, 2.05) is 54.8 Å². The normalized spacial score (nSPS) is 25.8. The summed E-state index contributed by atoms with van der Waals surface area (Å²) in [5.74, 6) is 2.45. The predicted octanol–water partition coefficient (Wildman–Crippen LogP) is 4.08. The van der Waals surface area contributed by atoms with Crippen LogP contribution in [0.1, 0.15) is 24.9 Å². The Labute approximate surface area is 133 Å². The number of nitrogens with zero attached hydrogens (tertiary/aromatic N) is 2. The van der Waals surface area contributed by atoms with Crippen molar-refractivity contribution in [2.24, 2.45) is 0 Å². The van der Waals surface area contributed by atoms with Gasteiger partial charge >= 0.3 is 0 Å². The summed E-state index contributed by atoms with van der Waals surface area (Å²) in [4.78, 5) is 4.62. The largest absolute Gasteiger partial charge is 0.387 e. The molecule has 1 aliphatic rings. The maximum atomic E-state index is 5.48. The third kappa shape index (κ3) is 3.06. The Bertz CT molecular complexity index is 616. The molecule has 0 spiro atoms. The molecule has 0 saturated carbocycles. The first-order chi connectivity index (χ1) is 10.2. The highest BCUT2D eigenvalue weighted by atomic mass is 32.2. The molecular weight excluding hydrogens is 302 g/mol. The molecule has 0 bridgehead atoms. The zero-order valence-electron chi connectivity index (χ0n) is 12.4. The summed E-state index contributed by atoms with van der Waals surface area (Å²) in [6.45, 7) is 4.55. The fraction of sp³-hybridized carbons (Fsp3) is 0.467. The molecule has 4 nitrogen and oxygen atoms in total. The van der Waals surface area contributed by atoms with E-state index in [2.05, 4.69) is 29.3 Å². The van der Waals surface area contributed by atoms with Crippen molar-refractivity contribution in [2.75, 3.05) is 18.1 Å². The Balaban J connectivity index is 1.83. The summed E-state index contributed by atoms with van der Waals surface area (Å²) in [7, 11) is 1.90. The zero-order valence-corrected chi connectivity index (χ0v) is 14.0. The molecule has 21 heavy (non-hydrogen) atoms. The highest BCUT2D eigenvalue weighted by molar-refractivity contribution is 8.07. The first-order valence-corrected chi connectivity index (χ1v) is 9.06. The molecule has 2 heterocycles. The van der Waals surface area contributed by atoms with E-state index in [9.17, 15) is 0 Å². The van der Waals surface area contributed by atoms with Crippen molar-refractivity contribution in [2.45, 2.75) is 29.6 Å². The van der Waals surface area contributed by atoms with Crippen LogP contribution in [0.3, 0.4) is 0 Å². The molecule has 1 N–H and O–H groups in total. The quantitative estimate of drug-likeness (QED) is 0.919. The van der Waals surface area contributed by atoms with Crippen LogP contribution in [-0.4, -0.2) is 33.4 Å². The lowest BCUT2D eigenvalue weighted by Gasteiger charge is -2.29. The van der Waals surface area contributed by atoms with Gasteiger partial charge in [-0.15, -0.1) is 11.8 Å². The third-order valence-corrected chi connectivity index (χ3v) is 7.09.